The molecule has 21 heavy (non-hydrogen) atoms. The third-order valence-electron chi connectivity index (χ3n) is 3.15. The molecule has 0 heterocycles. The van der Waals surface area contributed by atoms with E-state index in [2.05, 4.69) is 0 Å². The molecule has 0 atom stereocenters. The van der Waals surface area contributed by atoms with E-state index in [1.807, 2.05) is 6.07 Å². The summed E-state index contributed by atoms with van der Waals surface area (Å²) < 4.78 is 51.7. The molecule has 6 heteroatoms. The maximum absolute atomic E-state index is 13.4. The van der Waals surface area contributed by atoms with Crippen LogP contribution >= 0.6 is 0 Å². The van der Waals surface area contributed by atoms with Gasteiger partial charge in [-0.1, -0.05) is 6.07 Å². The monoisotopic (exact) mass is 294 g/mol. The first-order valence-electron chi connectivity index (χ1n) is 5.91. The topological polar surface area (TPSA) is 49.8 Å². The minimum atomic E-state index is -4.64. The number of alkyl halides is 3. The molecule has 2 rings (SSSR count). The van der Waals surface area contributed by atoms with Gasteiger partial charge in [0.05, 0.1) is 11.1 Å². The van der Waals surface area contributed by atoms with Crippen molar-refractivity contribution in [3.8, 4) is 17.2 Å². The van der Waals surface area contributed by atoms with Gasteiger partial charge in [0, 0.05) is 5.69 Å². The van der Waals surface area contributed by atoms with Crippen LogP contribution in [-0.4, -0.2) is 0 Å². The van der Waals surface area contributed by atoms with Crippen LogP contribution in [0.4, 0.5) is 23.2 Å². The van der Waals surface area contributed by atoms with Crippen LogP contribution in [0.25, 0.3) is 11.1 Å². The lowest BCUT2D eigenvalue weighted by Crippen LogP contribution is -2.06. The molecule has 2 N–H and O–H groups in total. The third-order valence-corrected chi connectivity index (χ3v) is 3.15. The number of anilines is 1. The van der Waals surface area contributed by atoms with E-state index in [0.717, 1.165) is 12.1 Å². The fourth-order valence-electron chi connectivity index (χ4n) is 2.10. The summed E-state index contributed by atoms with van der Waals surface area (Å²) in [5, 5.41) is 9.02. The van der Waals surface area contributed by atoms with Gasteiger partial charge in [-0.3, -0.25) is 0 Å². The number of nitrogens with two attached hydrogens (primary N) is 1. The van der Waals surface area contributed by atoms with Crippen molar-refractivity contribution in [1.29, 1.82) is 5.26 Å². The molecule has 0 aliphatic rings. The molecule has 0 amide bonds. The smallest absolute Gasteiger partial charge is 0.398 e. The first-order chi connectivity index (χ1) is 9.74. The summed E-state index contributed by atoms with van der Waals surface area (Å²) in [6, 6.07) is 7.06. The molecule has 0 aliphatic heterocycles. The molecule has 2 aromatic carbocycles. The summed E-state index contributed by atoms with van der Waals surface area (Å²) in [6.45, 7) is 1.56. The molecule has 0 aromatic heterocycles. The minimum Gasteiger partial charge on any atom is -0.398 e. The summed E-state index contributed by atoms with van der Waals surface area (Å²) in [4.78, 5) is 0. The average Bonchev–Trinajstić information content (AvgIpc) is 2.37. The Kier molecular flexibility index (Phi) is 3.60. The number of benzene rings is 2. The van der Waals surface area contributed by atoms with Crippen molar-refractivity contribution in [1.82, 2.24) is 0 Å². The van der Waals surface area contributed by atoms with Crippen molar-refractivity contribution >= 4 is 5.69 Å². The van der Waals surface area contributed by atoms with E-state index in [0.29, 0.717) is 17.2 Å². The van der Waals surface area contributed by atoms with Crippen molar-refractivity contribution in [2.24, 2.45) is 0 Å². The number of hydrogen-bond donors (Lipinski definition) is 1. The lowest BCUT2D eigenvalue weighted by Gasteiger charge is -2.13. The van der Waals surface area contributed by atoms with Gasteiger partial charge in [0.25, 0.3) is 0 Å². The maximum Gasteiger partial charge on any atom is 0.416 e. The normalized spacial score (nSPS) is 11.2. The Balaban J connectivity index is 2.69. The van der Waals surface area contributed by atoms with Gasteiger partial charge in [-0.25, -0.2) is 4.39 Å². The van der Waals surface area contributed by atoms with Crippen molar-refractivity contribution in [2.75, 3.05) is 5.73 Å². The van der Waals surface area contributed by atoms with Crippen molar-refractivity contribution < 1.29 is 17.6 Å². The van der Waals surface area contributed by atoms with Crippen LogP contribution in [0.2, 0.25) is 0 Å². The van der Waals surface area contributed by atoms with Gasteiger partial charge in [0.15, 0.2) is 0 Å². The van der Waals surface area contributed by atoms with Crippen molar-refractivity contribution in [3.63, 3.8) is 0 Å². The van der Waals surface area contributed by atoms with E-state index in [1.54, 1.807) is 6.92 Å². The standard InChI is InChI=1S/C15H10F4N2/c1-8-12(2-3-14(21)13(8)7-20)9-4-10(15(17,18)19)6-11(16)5-9/h2-6H,21H2,1H3. The highest BCUT2D eigenvalue weighted by Gasteiger charge is 2.31. The number of halogens is 4. The van der Waals surface area contributed by atoms with E-state index < -0.39 is 17.6 Å². The Morgan fingerprint density at radius 3 is 2.38 bits per heavy atom. The van der Waals surface area contributed by atoms with Gasteiger partial charge in [-0.05, 0) is 47.9 Å². The van der Waals surface area contributed by atoms with Crippen LogP contribution < -0.4 is 5.73 Å². The molecule has 0 saturated heterocycles. The second kappa shape index (κ2) is 5.09. The molecule has 0 aliphatic carbocycles. The van der Waals surface area contributed by atoms with Crippen LogP contribution in [0.5, 0.6) is 0 Å². The highest BCUT2D eigenvalue weighted by atomic mass is 19.4. The Morgan fingerprint density at radius 2 is 1.81 bits per heavy atom. The molecular weight excluding hydrogens is 284 g/mol. The molecule has 0 unspecified atom stereocenters. The van der Waals surface area contributed by atoms with Gasteiger partial charge in [-0.15, -0.1) is 0 Å². The second-order valence-corrected chi connectivity index (χ2v) is 4.54. The first kappa shape index (κ1) is 14.9. The summed E-state index contributed by atoms with van der Waals surface area (Å²) in [6.07, 6.45) is -4.64. The predicted octanol–water partition coefficient (Wildman–Crippen LogP) is 4.27. The first-order valence-corrected chi connectivity index (χ1v) is 5.91. The third kappa shape index (κ3) is 2.82. The summed E-state index contributed by atoms with van der Waals surface area (Å²) >= 11 is 0. The Bertz CT molecular complexity index is 743. The molecule has 0 spiro atoms. The molecule has 0 saturated carbocycles. The van der Waals surface area contributed by atoms with Crippen molar-refractivity contribution in [3.05, 3.63) is 52.8 Å². The van der Waals surface area contributed by atoms with Crippen LogP contribution in [0.1, 0.15) is 16.7 Å². The fourth-order valence-corrected chi connectivity index (χ4v) is 2.10. The number of nitriles is 1. The molecule has 0 fully saturated rings. The highest BCUT2D eigenvalue weighted by molar-refractivity contribution is 5.75. The second-order valence-electron chi connectivity index (χ2n) is 4.54. The largest absolute Gasteiger partial charge is 0.416 e. The van der Waals surface area contributed by atoms with Crippen molar-refractivity contribution in [2.45, 2.75) is 13.1 Å². The zero-order valence-corrected chi connectivity index (χ0v) is 10.9. The molecule has 0 radical (unpaired) electrons. The minimum absolute atomic E-state index is 0.0522. The number of nitrogen functional groups attached to an aromatic ring is 1. The summed E-state index contributed by atoms with van der Waals surface area (Å²) in [7, 11) is 0. The Labute approximate surface area is 118 Å². The highest BCUT2D eigenvalue weighted by Crippen LogP contribution is 2.35. The van der Waals surface area contributed by atoms with Crippen LogP contribution in [0.15, 0.2) is 30.3 Å². The van der Waals surface area contributed by atoms with Gasteiger partial charge in [0.1, 0.15) is 11.9 Å². The molecular formula is C15H10F4N2. The lowest BCUT2D eigenvalue weighted by molar-refractivity contribution is -0.137. The number of hydrogen-bond acceptors (Lipinski definition) is 2. The molecule has 2 nitrogen and oxygen atoms in total. The molecule has 0 bridgehead atoms. The van der Waals surface area contributed by atoms with E-state index >= 15 is 0 Å². The van der Waals surface area contributed by atoms with Gasteiger partial charge in [0.2, 0.25) is 0 Å². The Morgan fingerprint density at radius 1 is 1.14 bits per heavy atom. The average molecular weight is 294 g/mol. The number of rotatable bonds is 1. The lowest BCUT2D eigenvalue weighted by atomic mass is 9.94. The maximum atomic E-state index is 13.4. The summed E-state index contributed by atoms with van der Waals surface area (Å²) in [5.74, 6) is -0.991. The fraction of sp³-hybridized carbons (Fsp3) is 0.133. The van der Waals surface area contributed by atoms with Crippen LogP contribution in [0.3, 0.4) is 0 Å². The van der Waals surface area contributed by atoms with Crippen LogP contribution in [0, 0.1) is 24.1 Å². The molecule has 108 valence electrons. The quantitative estimate of drug-likeness (QED) is 0.630. The summed E-state index contributed by atoms with van der Waals surface area (Å²) in [5.41, 5.74) is 5.76. The molecule has 2 aromatic rings. The zero-order chi connectivity index (χ0) is 15.8. The predicted molar refractivity (Wildman–Crippen MR) is 70.7 cm³/mol. The van der Waals surface area contributed by atoms with Gasteiger partial charge >= 0.3 is 6.18 Å². The van der Waals surface area contributed by atoms with Gasteiger partial charge in [-0.2, -0.15) is 18.4 Å². The van der Waals surface area contributed by atoms with Crippen LogP contribution in [-0.2, 0) is 6.18 Å². The van der Waals surface area contributed by atoms with E-state index in [4.69, 9.17) is 11.0 Å². The SMILES string of the molecule is Cc1c(-c2cc(F)cc(C(F)(F)F)c2)ccc(N)c1C#N. The zero-order valence-electron chi connectivity index (χ0n) is 10.9. The van der Waals surface area contributed by atoms with E-state index in [9.17, 15) is 17.6 Å². The Hall–Kier alpha value is -2.55. The number of nitrogens with zero attached hydrogens (tertiary/aromatic N) is 1. The van der Waals surface area contributed by atoms with E-state index in [1.165, 1.54) is 12.1 Å². The van der Waals surface area contributed by atoms with Gasteiger partial charge < -0.3 is 5.73 Å². The van der Waals surface area contributed by atoms with E-state index in [-0.39, 0.29) is 16.8 Å².